The molecule has 4 nitrogen and oxygen atoms in total. The monoisotopic (exact) mass is 315 g/mol. The van der Waals surface area contributed by atoms with Crippen molar-refractivity contribution >= 4 is 0 Å². The predicted molar refractivity (Wildman–Crippen MR) is 91.4 cm³/mol. The molecule has 0 aliphatic carbocycles. The van der Waals surface area contributed by atoms with Crippen LogP contribution < -0.4 is 0 Å². The number of hydrogen-bond donors (Lipinski definition) is 0. The highest BCUT2D eigenvalue weighted by molar-refractivity contribution is 4.78. The average Bonchev–Trinajstić information content (AvgIpc) is 2.40. The minimum absolute atomic E-state index is 0.124. The molecule has 1 rings (SSSR count). The van der Waals surface area contributed by atoms with Crippen molar-refractivity contribution in [3.05, 3.63) is 0 Å². The first-order chi connectivity index (χ1) is 10.3. The molecule has 0 amide bonds. The normalized spacial score (nSPS) is 18.8. The van der Waals surface area contributed by atoms with Crippen molar-refractivity contribution in [3.8, 4) is 0 Å². The molecule has 1 fully saturated rings. The van der Waals surface area contributed by atoms with E-state index < -0.39 is 0 Å². The van der Waals surface area contributed by atoms with Gasteiger partial charge in [0.25, 0.3) is 0 Å². The number of ether oxygens (including phenoxy) is 3. The Morgan fingerprint density at radius 1 is 1.05 bits per heavy atom. The van der Waals surface area contributed by atoms with Gasteiger partial charge < -0.3 is 19.1 Å². The summed E-state index contributed by atoms with van der Waals surface area (Å²) in [5.74, 6) is 0. The number of rotatable bonds is 10. The summed E-state index contributed by atoms with van der Waals surface area (Å²) in [5, 5.41) is 0. The van der Waals surface area contributed by atoms with Crippen LogP contribution >= 0.6 is 0 Å². The summed E-state index contributed by atoms with van der Waals surface area (Å²) in [4.78, 5) is 2.54. The van der Waals surface area contributed by atoms with Crippen molar-refractivity contribution in [3.63, 3.8) is 0 Å². The van der Waals surface area contributed by atoms with Gasteiger partial charge in [0.05, 0.1) is 30.5 Å². The van der Waals surface area contributed by atoms with E-state index in [4.69, 9.17) is 14.2 Å². The van der Waals surface area contributed by atoms with Gasteiger partial charge in [0.15, 0.2) is 0 Å². The molecule has 0 aromatic heterocycles. The van der Waals surface area contributed by atoms with Crippen LogP contribution in [-0.2, 0) is 14.2 Å². The van der Waals surface area contributed by atoms with Crippen molar-refractivity contribution in [1.29, 1.82) is 0 Å². The molecule has 1 aliphatic rings. The maximum atomic E-state index is 6.34. The number of nitrogens with zero attached hydrogens (tertiary/aromatic N) is 1. The van der Waals surface area contributed by atoms with Gasteiger partial charge in [-0.3, -0.25) is 0 Å². The number of piperidine rings is 1. The zero-order chi connectivity index (χ0) is 16.6. The summed E-state index contributed by atoms with van der Waals surface area (Å²) >= 11 is 0. The highest BCUT2D eigenvalue weighted by atomic mass is 16.5. The van der Waals surface area contributed by atoms with Gasteiger partial charge in [-0.1, -0.05) is 6.92 Å². The molecule has 1 saturated heterocycles. The van der Waals surface area contributed by atoms with E-state index in [1.807, 2.05) is 0 Å². The predicted octanol–water partition coefficient (Wildman–Crippen LogP) is 3.49. The molecule has 0 unspecified atom stereocenters. The first-order valence-electron chi connectivity index (χ1n) is 8.81. The zero-order valence-electron chi connectivity index (χ0n) is 15.6. The van der Waals surface area contributed by atoms with Gasteiger partial charge in [-0.15, -0.1) is 0 Å². The molecular weight excluding hydrogens is 278 g/mol. The van der Waals surface area contributed by atoms with Crippen LogP contribution in [0.3, 0.4) is 0 Å². The first-order valence-corrected chi connectivity index (χ1v) is 8.81. The van der Waals surface area contributed by atoms with Gasteiger partial charge in [-0.25, -0.2) is 0 Å². The van der Waals surface area contributed by atoms with Crippen molar-refractivity contribution in [2.24, 2.45) is 0 Å². The molecule has 4 heteroatoms. The average molecular weight is 315 g/mol. The second-order valence-corrected chi connectivity index (χ2v) is 7.71. The van der Waals surface area contributed by atoms with Crippen molar-refractivity contribution in [2.45, 2.75) is 77.6 Å². The standard InChI is InChI=1S/C18H37NO3/c1-7-11-19-12-8-16(9-13-19)22-17(2,3)10-14-21-18(4,5)15-20-6/h16H,7-15H2,1-6H3. The van der Waals surface area contributed by atoms with E-state index in [0.29, 0.717) is 19.3 Å². The molecule has 0 spiro atoms. The van der Waals surface area contributed by atoms with Crippen LogP contribution in [0.5, 0.6) is 0 Å². The van der Waals surface area contributed by atoms with Crippen LogP contribution in [0.2, 0.25) is 0 Å². The Labute approximate surface area is 137 Å². The largest absolute Gasteiger partial charge is 0.382 e. The van der Waals surface area contributed by atoms with Crippen LogP contribution in [-0.4, -0.2) is 62.2 Å². The van der Waals surface area contributed by atoms with Crippen LogP contribution in [0.4, 0.5) is 0 Å². The quantitative estimate of drug-likeness (QED) is 0.617. The van der Waals surface area contributed by atoms with Gasteiger partial charge in [-0.05, 0) is 59.9 Å². The second-order valence-electron chi connectivity index (χ2n) is 7.71. The van der Waals surface area contributed by atoms with Crippen molar-refractivity contribution < 1.29 is 14.2 Å². The van der Waals surface area contributed by atoms with Gasteiger partial charge in [0.2, 0.25) is 0 Å². The van der Waals surface area contributed by atoms with E-state index in [-0.39, 0.29) is 11.2 Å². The number of methoxy groups -OCH3 is 1. The summed E-state index contributed by atoms with van der Waals surface area (Å²) in [6.45, 7) is 15.6. The number of hydrogen-bond acceptors (Lipinski definition) is 4. The Morgan fingerprint density at radius 2 is 1.68 bits per heavy atom. The molecule has 0 aromatic rings. The molecule has 0 saturated carbocycles. The molecule has 1 aliphatic heterocycles. The Balaban J connectivity index is 2.26. The van der Waals surface area contributed by atoms with E-state index in [2.05, 4.69) is 39.5 Å². The fraction of sp³-hybridized carbons (Fsp3) is 1.00. The van der Waals surface area contributed by atoms with Crippen molar-refractivity contribution in [2.75, 3.05) is 40.0 Å². The highest BCUT2D eigenvalue weighted by Crippen LogP contribution is 2.24. The maximum absolute atomic E-state index is 6.34. The van der Waals surface area contributed by atoms with Gasteiger partial charge >= 0.3 is 0 Å². The van der Waals surface area contributed by atoms with E-state index in [1.54, 1.807) is 7.11 Å². The lowest BCUT2D eigenvalue weighted by molar-refractivity contribution is -0.122. The van der Waals surface area contributed by atoms with Crippen molar-refractivity contribution in [1.82, 2.24) is 4.90 Å². The summed E-state index contributed by atoms with van der Waals surface area (Å²) in [5.41, 5.74) is -0.350. The lowest BCUT2D eigenvalue weighted by atomic mass is 10.0. The van der Waals surface area contributed by atoms with E-state index in [1.165, 1.54) is 26.1 Å². The lowest BCUT2D eigenvalue weighted by Gasteiger charge is -2.37. The molecule has 0 aromatic carbocycles. The third-order valence-corrected chi connectivity index (χ3v) is 4.25. The van der Waals surface area contributed by atoms with Crippen LogP contribution in [0.1, 0.15) is 60.3 Å². The fourth-order valence-electron chi connectivity index (χ4n) is 3.04. The second kappa shape index (κ2) is 9.21. The van der Waals surface area contributed by atoms with Gasteiger partial charge in [0, 0.05) is 20.2 Å². The molecule has 0 atom stereocenters. The van der Waals surface area contributed by atoms with Crippen LogP contribution in [0.15, 0.2) is 0 Å². The molecular formula is C18H37NO3. The maximum Gasteiger partial charge on any atom is 0.0858 e. The third-order valence-electron chi connectivity index (χ3n) is 4.25. The summed E-state index contributed by atoms with van der Waals surface area (Å²) in [7, 11) is 1.71. The fourth-order valence-corrected chi connectivity index (χ4v) is 3.04. The first kappa shape index (κ1) is 19.9. The third kappa shape index (κ3) is 7.91. The molecule has 0 radical (unpaired) electrons. The molecule has 1 heterocycles. The molecule has 22 heavy (non-hydrogen) atoms. The van der Waals surface area contributed by atoms with Crippen LogP contribution in [0.25, 0.3) is 0 Å². The van der Waals surface area contributed by atoms with Gasteiger partial charge in [0.1, 0.15) is 0 Å². The van der Waals surface area contributed by atoms with E-state index >= 15 is 0 Å². The summed E-state index contributed by atoms with van der Waals surface area (Å²) in [6.07, 6.45) is 4.86. The minimum atomic E-state index is -0.226. The summed E-state index contributed by atoms with van der Waals surface area (Å²) in [6, 6.07) is 0. The van der Waals surface area contributed by atoms with E-state index in [0.717, 1.165) is 19.3 Å². The van der Waals surface area contributed by atoms with Gasteiger partial charge in [-0.2, -0.15) is 0 Å². The number of likely N-dealkylation sites (tertiary alicyclic amines) is 1. The molecule has 132 valence electrons. The Kier molecular flexibility index (Phi) is 8.33. The Morgan fingerprint density at radius 3 is 2.23 bits per heavy atom. The topological polar surface area (TPSA) is 30.9 Å². The Hall–Kier alpha value is -0.160. The SMILES string of the molecule is CCCN1CCC(OC(C)(C)CCOC(C)(C)COC)CC1. The smallest absolute Gasteiger partial charge is 0.0858 e. The minimum Gasteiger partial charge on any atom is -0.382 e. The lowest BCUT2D eigenvalue weighted by Crippen LogP contribution is -2.41. The summed E-state index contributed by atoms with van der Waals surface area (Å²) < 4.78 is 17.5. The van der Waals surface area contributed by atoms with Crippen LogP contribution in [0, 0.1) is 0 Å². The molecule has 0 bridgehead atoms. The van der Waals surface area contributed by atoms with E-state index in [9.17, 15) is 0 Å². The Bertz CT molecular complexity index is 297. The zero-order valence-corrected chi connectivity index (χ0v) is 15.6. The highest BCUT2D eigenvalue weighted by Gasteiger charge is 2.28. The molecule has 0 N–H and O–H groups in total.